The lowest BCUT2D eigenvalue weighted by Crippen LogP contribution is -2.26. The molecule has 1 saturated carbocycles. The molecule has 0 bridgehead atoms. The van der Waals surface area contributed by atoms with Gasteiger partial charge in [-0.3, -0.25) is 0 Å². The lowest BCUT2D eigenvalue weighted by molar-refractivity contribution is 0.303. The molecule has 0 radical (unpaired) electrons. The summed E-state index contributed by atoms with van der Waals surface area (Å²) in [6.45, 7) is 2.63. The maximum Gasteiger partial charge on any atom is 0.235 e. The third kappa shape index (κ3) is 2.62. The predicted octanol–water partition coefficient (Wildman–Crippen LogP) is 3.58. The molecule has 1 fully saturated rings. The summed E-state index contributed by atoms with van der Waals surface area (Å²) >= 11 is 0. The number of hydrogen-bond acceptors (Lipinski definition) is 3. The number of rotatable bonds is 4. The van der Waals surface area contributed by atoms with Gasteiger partial charge >= 0.3 is 0 Å². The van der Waals surface area contributed by atoms with Crippen LogP contribution in [0.2, 0.25) is 0 Å². The molecule has 0 spiro atoms. The Morgan fingerprint density at radius 2 is 1.89 bits per heavy atom. The van der Waals surface area contributed by atoms with Crippen LogP contribution in [0.1, 0.15) is 44.6 Å². The Morgan fingerprint density at radius 3 is 2.44 bits per heavy atom. The molecule has 0 unspecified atom stereocenters. The van der Waals surface area contributed by atoms with E-state index in [2.05, 4.69) is 4.99 Å². The van der Waals surface area contributed by atoms with Crippen LogP contribution in [-0.4, -0.2) is 12.7 Å². The average molecular weight is 245 g/mol. The fraction of sp³-hybridized carbons (Fsp3) is 0.533. The summed E-state index contributed by atoms with van der Waals surface area (Å²) < 4.78 is 5.43. The molecular weight excluding hydrogens is 226 g/mol. The molecule has 0 aromatic heterocycles. The van der Waals surface area contributed by atoms with Crippen LogP contribution in [0.5, 0.6) is 5.75 Å². The van der Waals surface area contributed by atoms with Crippen LogP contribution in [0.25, 0.3) is 0 Å². The van der Waals surface area contributed by atoms with E-state index in [0.29, 0.717) is 6.61 Å². The average Bonchev–Trinajstić information content (AvgIpc) is 2.41. The standard InChI is InChI=1S/C15H19NO2/c1-2-18-14-8-6-13(7-9-14)15(16-12-17)10-4-3-5-11-15/h6-9H,2-5,10-11H2,1H3. The van der Waals surface area contributed by atoms with Crippen molar-refractivity contribution in [1.82, 2.24) is 0 Å². The zero-order valence-electron chi connectivity index (χ0n) is 10.8. The van der Waals surface area contributed by atoms with Crippen molar-refractivity contribution in [3.05, 3.63) is 29.8 Å². The smallest absolute Gasteiger partial charge is 0.235 e. The molecule has 2 rings (SSSR count). The summed E-state index contributed by atoms with van der Waals surface area (Å²) in [6, 6.07) is 7.96. The van der Waals surface area contributed by atoms with Gasteiger partial charge in [0.05, 0.1) is 12.1 Å². The van der Waals surface area contributed by atoms with Crippen molar-refractivity contribution >= 4 is 6.08 Å². The number of aliphatic imine (C=N–C) groups is 1. The van der Waals surface area contributed by atoms with Crippen molar-refractivity contribution in [2.24, 2.45) is 4.99 Å². The Labute approximate surface area is 108 Å². The zero-order chi connectivity index (χ0) is 12.8. The number of ether oxygens (including phenoxy) is 1. The first-order valence-corrected chi connectivity index (χ1v) is 6.63. The number of carbonyl (C=O) groups excluding carboxylic acids is 1. The van der Waals surface area contributed by atoms with Gasteiger partial charge in [0.25, 0.3) is 0 Å². The highest BCUT2D eigenvalue weighted by atomic mass is 16.5. The quantitative estimate of drug-likeness (QED) is 0.600. The fourth-order valence-corrected chi connectivity index (χ4v) is 2.72. The Hall–Kier alpha value is -1.60. The van der Waals surface area contributed by atoms with E-state index in [-0.39, 0.29) is 5.54 Å². The van der Waals surface area contributed by atoms with Gasteiger partial charge in [-0.2, -0.15) is 4.99 Å². The molecule has 1 aromatic carbocycles. The number of hydrogen-bond donors (Lipinski definition) is 0. The van der Waals surface area contributed by atoms with Crippen LogP contribution in [0.15, 0.2) is 29.3 Å². The van der Waals surface area contributed by atoms with Gasteiger partial charge in [-0.05, 0) is 37.5 Å². The lowest BCUT2D eigenvalue weighted by Gasteiger charge is -2.32. The first kappa shape index (κ1) is 12.8. The van der Waals surface area contributed by atoms with Crippen LogP contribution in [0.4, 0.5) is 0 Å². The maximum atomic E-state index is 10.7. The van der Waals surface area contributed by atoms with Gasteiger partial charge in [0.1, 0.15) is 5.75 Å². The molecule has 1 aromatic rings. The molecule has 0 saturated heterocycles. The highest BCUT2D eigenvalue weighted by Crippen LogP contribution is 2.40. The summed E-state index contributed by atoms with van der Waals surface area (Å²) in [5.74, 6) is 0.863. The number of nitrogens with zero attached hydrogens (tertiary/aromatic N) is 1. The van der Waals surface area contributed by atoms with Crippen LogP contribution < -0.4 is 4.74 Å². The van der Waals surface area contributed by atoms with Gasteiger partial charge < -0.3 is 4.74 Å². The minimum Gasteiger partial charge on any atom is -0.494 e. The van der Waals surface area contributed by atoms with E-state index in [1.165, 1.54) is 6.42 Å². The Morgan fingerprint density at radius 1 is 1.22 bits per heavy atom. The minimum absolute atomic E-state index is 0.343. The fourth-order valence-electron chi connectivity index (χ4n) is 2.72. The first-order valence-electron chi connectivity index (χ1n) is 6.63. The van der Waals surface area contributed by atoms with Gasteiger partial charge in [-0.15, -0.1) is 0 Å². The van der Waals surface area contributed by atoms with E-state index < -0.39 is 0 Å². The topological polar surface area (TPSA) is 38.7 Å². The van der Waals surface area contributed by atoms with Gasteiger partial charge in [0.15, 0.2) is 0 Å². The zero-order valence-corrected chi connectivity index (χ0v) is 10.8. The van der Waals surface area contributed by atoms with Crippen LogP contribution in [0, 0.1) is 0 Å². The Balaban J connectivity index is 2.27. The summed E-state index contributed by atoms with van der Waals surface area (Å²) in [5, 5.41) is 0. The van der Waals surface area contributed by atoms with Gasteiger partial charge in [0, 0.05) is 0 Å². The van der Waals surface area contributed by atoms with Gasteiger partial charge in [-0.25, -0.2) is 4.79 Å². The van der Waals surface area contributed by atoms with Crippen LogP contribution >= 0.6 is 0 Å². The highest BCUT2D eigenvalue weighted by molar-refractivity contribution is 5.40. The van der Waals surface area contributed by atoms with Crippen LogP contribution in [0.3, 0.4) is 0 Å². The summed E-state index contributed by atoms with van der Waals surface area (Å²) in [5.41, 5.74) is 0.763. The Bertz CT molecular complexity index is 426. The molecule has 0 aliphatic heterocycles. The molecule has 1 aliphatic rings. The summed E-state index contributed by atoms with van der Waals surface area (Å²) in [7, 11) is 0. The molecular formula is C15H19NO2. The second-order valence-electron chi connectivity index (χ2n) is 4.75. The number of benzene rings is 1. The molecule has 3 nitrogen and oxygen atoms in total. The summed E-state index contributed by atoms with van der Waals surface area (Å²) in [6.07, 6.45) is 7.12. The normalized spacial score (nSPS) is 17.8. The van der Waals surface area contributed by atoms with Gasteiger partial charge in [0.2, 0.25) is 6.08 Å². The molecule has 0 amide bonds. The van der Waals surface area contributed by atoms with Crippen molar-refractivity contribution in [3.63, 3.8) is 0 Å². The molecule has 18 heavy (non-hydrogen) atoms. The maximum absolute atomic E-state index is 10.7. The summed E-state index contributed by atoms with van der Waals surface area (Å²) in [4.78, 5) is 14.8. The predicted molar refractivity (Wildman–Crippen MR) is 70.5 cm³/mol. The molecule has 0 heterocycles. The van der Waals surface area contributed by atoms with Crippen molar-refractivity contribution in [2.75, 3.05) is 6.61 Å². The van der Waals surface area contributed by atoms with Crippen molar-refractivity contribution in [2.45, 2.75) is 44.6 Å². The molecule has 3 heteroatoms. The second kappa shape index (κ2) is 5.83. The van der Waals surface area contributed by atoms with Crippen LogP contribution in [-0.2, 0) is 10.3 Å². The van der Waals surface area contributed by atoms with E-state index >= 15 is 0 Å². The second-order valence-corrected chi connectivity index (χ2v) is 4.75. The number of isocyanates is 1. The largest absolute Gasteiger partial charge is 0.494 e. The van der Waals surface area contributed by atoms with E-state index in [4.69, 9.17) is 4.74 Å². The third-order valence-corrected chi connectivity index (χ3v) is 3.64. The van der Waals surface area contributed by atoms with Crippen molar-refractivity contribution in [3.8, 4) is 5.75 Å². The minimum atomic E-state index is -0.343. The van der Waals surface area contributed by atoms with Gasteiger partial charge in [-0.1, -0.05) is 31.4 Å². The lowest BCUT2D eigenvalue weighted by atomic mass is 9.77. The first-order chi connectivity index (χ1) is 8.80. The van der Waals surface area contributed by atoms with Crippen molar-refractivity contribution in [1.29, 1.82) is 0 Å². The third-order valence-electron chi connectivity index (χ3n) is 3.64. The highest BCUT2D eigenvalue weighted by Gasteiger charge is 2.33. The van der Waals surface area contributed by atoms with E-state index in [9.17, 15) is 4.79 Å². The van der Waals surface area contributed by atoms with E-state index in [1.54, 1.807) is 6.08 Å². The molecule has 96 valence electrons. The van der Waals surface area contributed by atoms with E-state index in [0.717, 1.165) is 37.0 Å². The molecule has 0 N–H and O–H groups in total. The SMILES string of the molecule is CCOc1ccc(C2(N=C=O)CCCCC2)cc1. The monoisotopic (exact) mass is 245 g/mol. The Kier molecular flexibility index (Phi) is 4.16. The molecule has 0 atom stereocenters. The van der Waals surface area contributed by atoms with E-state index in [1.807, 2.05) is 31.2 Å². The molecule has 1 aliphatic carbocycles. The van der Waals surface area contributed by atoms with Crippen molar-refractivity contribution < 1.29 is 9.53 Å².